The van der Waals surface area contributed by atoms with Crippen LogP contribution in [0.25, 0.3) is 5.69 Å². The molecule has 2 aromatic rings. The van der Waals surface area contributed by atoms with Crippen molar-refractivity contribution in [3.63, 3.8) is 0 Å². The van der Waals surface area contributed by atoms with Gasteiger partial charge in [0.05, 0.1) is 11.4 Å². The van der Waals surface area contributed by atoms with E-state index in [0.717, 1.165) is 29.9 Å². The number of phenolic OH excluding ortho intramolecular Hbond substituents is 1. The average molecular weight is 231 g/mol. The van der Waals surface area contributed by atoms with Gasteiger partial charge in [-0.1, -0.05) is 0 Å². The number of nitrogens with one attached hydrogen (secondary N) is 2. The lowest BCUT2D eigenvalue weighted by Gasteiger charge is -2.15. The molecule has 5 nitrogen and oxygen atoms in total. The Labute approximate surface area is 97.7 Å². The predicted molar refractivity (Wildman–Crippen MR) is 63.5 cm³/mol. The minimum Gasteiger partial charge on any atom is -0.508 e. The van der Waals surface area contributed by atoms with Crippen molar-refractivity contribution in [2.24, 2.45) is 0 Å². The molecule has 1 aromatic carbocycles. The van der Waals surface area contributed by atoms with Crippen molar-refractivity contribution in [2.75, 3.05) is 6.54 Å². The van der Waals surface area contributed by atoms with E-state index in [1.54, 1.807) is 28.9 Å². The molecule has 0 aliphatic carbocycles. The van der Waals surface area contributed by atoms with Gasteiger partial charge in [-0.05, 0) is 37.2 Å². The molecule has 0 bridgehead atoms. The summed E-state index contributed by atoms with van der Waals surface area (Å²) in [6.45, 7) is 1.53. The van der Waals surface area contributed by atoms with Gasteiger partial charge in [0.1, 0.15) is 5.75 Å². The quantitative estimate of drug-likeness (QED) is 0.670. The highest BCUT2D eigenvalue weighted by Gasteiger charge is 2.18. The third-order valence-electron chi connectivity index (χ3n) is 3.06. The Bertz CT molecular complexity index is 595. The van der Waals surface area contributed by atoms with Gasteiger partial charge < -0.3 is 10.4 Å². The summed E-state index contributed by atoms with van der Waals surface area (Å²) in [5.74, 6) is 0.218. The number of aromatic amines is 1. The Balaban J connectivity index is 2.15. The lowest BCUT2D eigenvalue weighted by molar-refractivity contribution is 0.475. The van der Waals surface area contributed by atoms with Crippen LogP contribution in [0.5, 0.6) is 5.75 Å². The highest BCUT2D eigenvalue weighted by atomic mass is 16.3. The minimum absolute atomic E-state index is 0.0189. The van der Waals surface area contributed by atoms with Gasteiger partial charge in [0, 0.05) is 12.1 Å². The first-order valence-electron chi connectivity index (χ1n) is 5.58. The van der Waals surface area contributed by atoms with Gasteiger partial charge in [-0.15, -0.1) is 0 Å². The monoisotopic (exact) mass is 231 g/mol. The molecule has 1 aromatic heterocycles. The van der Waals surface area contributed by atoms with Gasteiger partial charge in [0.15, 0.2) is 0 Å². The van der Waals surface area contributed by atoms with Crippen LogP contribution in [0.4, 0.5) is 0 Å². The van der Waals surface area contributed by atoms with Crippen LogP contribution in [0.2, 0.25) is 0 Å². The maximum absolute atomic E-state index is 11.8. The second kappa shape index (κ2) is 3.78. The molecule has 0 atom stereocenters. The number of fused-ring (bicyclic) bond motifs is 1. The van der Waals surface area contributed by atoms with E-state index in [-0.39, 0.29) is 11.3 Å². The Morgan fingerprint density at radius 3 is 2.76 bits per heavy atom. The number of hydrogen-bond donors (Lipinski definition) is 3. The van der Waals surface area contributed by atoms with Gasteiger partial charge in [0.25, 0.3) is 5.56 Å². The number of phenols is 1. The van der Waals surface area contributed by atoms with Crippen molar-refractivity contribution in [1.29, 1.82) is 0 Å². The van der Waals surface area contributed by atoms with Crippen LogP contribution in [0.1, 0.15) is 11.3 Å². The molecule has 0 saturated heterocycles. The molecule has 3 rings (SSSR count). The van der Waals surface area contributed by atoms with Crippen molar-refractivity contribution < 1.29 is 5.11 Å². The second-order valence-corrected chi connectivity index (χ2v) is 4.14. The van der Waals surface area contributed by atoms with E-state index in [9.17, 15) is 9.90 Å². The molecule has 3 N–H and O–H groups in total. The number of rotatable bonds is 1. The number of benzene rings is 1. The van der Waals surface area contributed by atoms with Crippen LogP contribution in [0.15, 0.2) is 29.1 Å². The van der Waals surface area contributed by atoms with E-state index in [2.05, 4.69) is 10.4 Å². The lowest BCUT2D eigenvalue weighted by atomic mass is 10.1. The summed E-state index contributed by atoms with van der Waals surface area (Å²) >= 11 is 0. The molecular formula is C12H13N3O2. The number of hydrogen-bond acceptors (Lipinski definition) is 3. The maximum Gasteiger partial charge on any atom is 0.267 e. The molecule has 0 spiro atoms. The average Bonchev–Trinajstić information content (AvgIpc) is 2.69. The summed E-state index contributed by atoms with van der Waals surface area (Å²) < 4.78 is 1.78. The van der Waals surface area contributed by atoms with Crippen molar-refractivity contribution in [3.8, 4) is 11.4 Å². The SMILES string of the molecule is O=c1[nH]n(-c2ccc(O)cc2)c2c1CCNC2. The lowest BCUT2D eigenvalue weighted by Crippen LogP contribution is -2.26. The summed E-state index contributed by atoms with van der Waals surface area (Å²) in [5, 5.41) is 15.3. The minimum atomic E-state index is -0.0189. The highest BCUT2D eigenvalue weighted by molar-refractivity contribution is 5.39. The fraction of sp³-hybridized carbons (Fsp3) is 0.250. The van der Waals surface area contributed by atoms with Gasteiger partial charge in [-0.2, -0.15) is 0 Å². The Morgan fingerprint density at radius 1 is 1.24 bits per heavy atom. The van der Waals surface area contributed by atoms with Gasteiger partial charge in [-0.3, -0.25) is 14.6 Å². The fourth-order valence-corrected chi connectivity index (χ4v) is 2.19. The number of aromatic hydroxyl groups is 1. The largest absolute Gasteiger partial charge is 0.508 e. The molecule has 1 aliphatic rings. The van der Waals surface area contributed by atoms with E-state index >= 15 is 0 Å². The third-order valence-corrected chi connectivity index (χ3v) is 3.06. The van der Waals surface area contributed by atoms with E-state index in [1.165, 1.54) is 0 Å². The number of aromatic nitrogens is 2. The Kier molecular flexibility index (Phi) is 2.26. The summed E-state index contributed by atoms with van der Waals surface area (Å²) in [7, 11) is 0. The molecule has 5 heteroatoms. The molecule has 0 radical (unpaired) electrons. The zero-order chi connectivity index (χ0) is 11.8. The van der Waals surface area contributed by atoms with Crippen molar-refractivity contribution >= 4 is 0 Å². The van der Waals surface area contributed by atoms with Crippen LogP contribution in [-0.2, 0) is 13.0 Å². The maximum atomic E-state index is 11.8. The third kappa shape index (κ3) is 1.64. The van der Waals surface area contributed by atoms with Crippen LogP contribution in [0.3, 0.4) is 0 Å². The van der Waals surface area contributed by atoms with Crippen molar-refractivity contribution in [2.45, 2.75) is 13.0 Å². The normalized spacial score (nSPS) is 14.6. The van der Waals surface area contributed by atoms with Gasteiger partial charge in [-0.25, -0.2) is 0 Å². The summed E-state index contributed by atoms with van der Waals surface area (Å²) in [5.41, 5.74) is 2.67. The van der Waals surface area contributed by atoms with Crippen molar-refractivity contribution in [3.05, 3.63) is 45.9 Å². The topological polar surface area (TPSA) is 70.0 Å². The predicted octanol–water partition coefficient (Wildman–Crippen LogP) is 0.517. The first-order chi connectivity index (χ1) is 8.25. The number of H-pyrrole nitrogens is 1. The van der Waals surface area contributed by atoms with E-state index in [4.69, 9.17) is 0 Å². The van der Waals surface area contributed by atoms with E-state index in [1.807, 2.05) is 0 Å². The first-order valence-corrected chi connectivity index (χ1v) is 5.58. The summed E-state index contributed by atoms with van der Waals surface area (Å²) in [4.78, 5) is 11.8. The Morgan fingerprint density at radius 2 is 2.00 bits per heavy atom. The molecule has 88 valence electrons. The van der Waals surface area contributed by atoms with Gasteiger partial charge in [0.2, 0.25) is 0 Å². The number of nitrogens with zero attached hydrogens (tertiary/aromatic N) is 1. The molecule has 1 aliphatic heterocycles. The first kappa shape index (κ1) is 10.2. The molecule has 0 unspecified atom stereocenters. The zero-order valence-electron chi connectivity index (χ0n) is 9.23. The second-order valence-electron chi connectivity index (χ2n) is 4.14. The Hall–Kier alpha value is -2.01. The molecule has 0 amide bonds. The van der Waals surface area contributed by atoms with E-state index in [0.29, 0.717) is 6.54 Å². The standard InChI is InChI=1S/C12H13N3O2/c16-9-3-1-8(2-4-9)15-11-7-13-6-5-10(11)12(17)14-15/h1-4,13,16H,5-7H2,(H,14,17). The van der Waals surface area contributed by atoms with Crippen LogP contribution < -0.4 is 10.9 Å². The van der Waals surface area contributed by atoms with Crippen LogP contribution in [0, 0.1) is 0 Å². The van der Waals surface area contributed by atoms with Crippen LogP contribution in [-0.4, -0.2) is 21.4 Å². The molecule has 0 fully saturated rings. The summed E-state index contributed by atoms with van der Waals surface area (Å²) in [6.07, 6.45) is 0.760. The molecular weight excluding hydrogens is 218 g/mol. The molecule has 0 saturated carbocycles. The molecule has 17 heavy (non-hydrogen) atoms. The smallest absolute Gasteiger partial charge is 0.267 e. The molecule has 2 heterocycles. The van der Waals surface area contributed by atoms with Gasteiger partial charge >= 0.3 is 0 Å². The van der Waals surface area contributed by atoms with E-state index < -0.39 is 0 Å². The van der Waals surface area contributed by atoms with Crippen LogP contribution >= 0.6 is 0 Å². The fourth-order valence-electron chi connectivity index (χ4n) is 2.19. The zero-order valence-corrected chi connectivity index (χ0v) is 9.23. The summed E-state index contributed by atoms with van der Waals surface area (Å²) in [6, 6.07) is 6.77. The van der Waals surface area contributed by atoms with Crippen molar-refractivity contribution in [1.82, 2.24) is 15.1 Å². The highest BCUT2D eigenvalue weighted by Crippen LogP contribution is 2.17.